The molecule has 6 rings (SSSR count). The molecule has 2 atom stereocenters. The Labute approximate surface area is 202 Å². The summed E-state index contributed by atoms with van der Waals surface area (Å²) in [7, 11) is 0. The molecule has 5 nitrogen and oxygen atoms in total. The molecule has 162 valence electrons. The minimum Gasteiger partial charge on any atom is -0.344 e. The first-order valence-electron chi connectivity index (χ1n) is 11.1. The molecule has 1 saturated heterocycles. The standard InChI is InChI=1S/C30H16N4O/c31-17-27(18-32)28(19-33,20-34)30(24-13-5-2-6-14-24)26-16-22-10-8-7-9-21(22)15-25(26)29(27,35-30)23-11-3-1-4-12-23/h1-16H. The Morgan fingerprint density at radius 3 is 1.17 bits per heavy atom. The zero-order chi connectivity index (χ0) is 24.3. The first-order chi connectivity index (χ1) is 17.1. The van der Waals surface area contributed by atoms with E-state index in [1.54, 1.807) is 48.5 Å². The number of hydrogen-bond donors (Lipinski definition) is 0. The summed E-state index contributed by atoms with van der Waals surface area (Å²) in [5.41, 5.74) is -5.32. The van der Waals surface area contributed by atoms with Gasteiger partial charge in [-0.2, -0.15) is 21.0 Å². The summed E-state index contributed by atoms with van der Waals surface area (Å²) in [4.78, 5) is 0. The Morgan fingerprint density at radius 1 is 0.486 bits per heavy atom. The molecule has 35 heavy (non-hydrogen) atoms. The first kappa shape index (κ1) is 20.7. The van der Waals surface area contributed by atoms with Crippen LogP contribution in [-0.2, 0) is 15.9 Å². The zero-order valence-corrected chi connectivity index (χ0v) is 18.4. The van der Waals surface area contributed by atoms with E-state index in [0.717, 1.165) is 10.8 Å². The van der Waals surface area contributed by atoms with Crippen LogP contribution in [0, 0.1) is 56.2 Å². The molecule has 1 fully saturated rings. The van der Waals surface area contributed by atoms with Crippen LogP contribution in [0.4, 0.5) is 0 Å². The predicted octanol–water partition coefficient (Wildman–Crippen LogP) is 5.44. The normalized spacial score (nSPS) is 24.5. The Bertz CT molecular complexity index is 1530. The molecule has 0 aromatic heterocycles. The van der Waals surface area contributed by atoms with Gasteiger partial charge in [-0.1, -0.05) is 84.9 Å². The highest BCUT2D eigenvalue weighted by molar-refractivity contribution is 5.87. The monoisotopic (exact) mass is 448 g/mol. The van der Waals surface area contributed by atoms with Crippen molar-refractivity contribution in [2.45, 2.75) is 11.2 Å². The number of hydrogen-bond acceptors (Lipinski definition) is 5. The van der Waals surface area contributed by atoms with Crippen LogP contribution in [0.3, 0.4) is 0 Å². The molecule has 2 aliphatic rings. The highest BCUT2D eigenvalue weighted by atomic mass is 16.5. The minimum absolute atomic E-state index is 0.546. The van der Waals surface area contributed by atoms with E-state index in [1.165, 1.54) is 0 Å². The Balaban J connectivity index is 1.92. The average Bonchev–Trinajstić information content (AvgIpc) is 3.37. The third-order valence-electron chi connectivity index (χ3n) is 7.60. The number of nitriles is 4. The lowest BCUT2D eigenvalue weighted by Crippen LogP contribution is -2.55. The summed E-state index contributed by atoms with van der Waals surface area (Å²) in [6, 6.07) is 38.2. The van der Waals surface area contributed by atoms with Crippen LogP contribution in [0.1, 0.15) is 22.3 Å². The van der Waals surface area contributed by atoms with Crippen molar-refractivity contribution >= 4 is 10.8 Å². The van der Waals surface area contributed by atoms with Gasteiger partial charge in [0.05, 0.1) is 24.3 Å². The summed E-state index contributed by atoms with van der Waals surface area (Å²) in [5, 5.41) is 44.6. The molecule has 0 saturated carbocycles. The Kier molecular flexibility index (Phi) is 4.01. The summed E-state index contributed by atoms with van der Waals surface area (Å²) < 4.78 is 6.97. The molecule has 2 unspecified atom stereocenters. The van der Waals surface area contributed by atoms with E-state index >= 15 is 0 Å². The van der Waals surface area contributed by atoms with Crippen molar-refractivity contribution in [1.29, 1.82) is 21.0 Å². The lowest BCUT2D eigenvalue weighted by Gasteiger charge is -2.44. The van der Waals surface area contributed by atoms with Crippen LogP contribution in [-0.4, -0.2) is 0 Å². The maximum absolute atomic E-state index is 10.7. The van der Waals surface area contributed by atoms with Crippen molar-refractivity contribution in [3.8, 4) is 24.3 Å². The molecule has 0 spiro atoms. The highest BCUT2D eigenvalue weighted by Gasteiger charge is 2.88. The lowest BCUT2D eigenvalue weighted by atomic mass is 9.46. The predicted molar refractivity (Wildman–Crippen MR) is 127 cm³/mol. The van der Waals surface area contributed by atoms with Crippen molar-refractivity contribution in [3.05, 3.63) is 119 Å². The fourth-order valence-electron chi connectivity index (χ4n) is 6.16. The van der Waals surface area contributed by atoms with Crippen LogP contribution in [0.2, 0.25) is 0 Å². The van der Waals surface area contributed by atoms with Crippen LogP contribution < -0.4 is 0 Å². The second-order valence-corrected chi connectivity index (χ2v) is 8.89. The van der Waals surface area contributed by atoms with Crippen molar-refractivity contribution in [2.24, 2.45) is 10.8 Å². The van der Waals surface area contributed by atoms with Crippen LogP contribution in [0.15, 0.2) is 97.1 Å². The third-order valence-corrected chi connectivity index (χ3v) is 7.60. The molecule has 0 N–H and O–H groups in total. The number of ether oxygens (including phenoxy) is 1. The van der Waals surface area contributed by atoms with Crippen LogP contribution in [0.5, 0.6) is 0 Å². The lowest BCUT2D eigenvalue weighted by molar-refractivity contribution is -0.0607. The van der Waals surface area contributed by atoms with E-state index in [9.17, 15) is 21.0 Å². The van der Waals surface area contributed by atoms with E-state index in [2.05, 4.69) is 24.3 Å². The zero-order valence-electron chi connectivity index (χ0n) is 18.4. The topological polar surface area (TPSA) is 104 Å². The van der Waals surface area contributed by atoms with Gasteiger partial charge in [-0.25, -0.2) is 0 Å². The molecule has 4 aromatic carbocycles. The van der Waals surface area contributed by atoms with Gasteiger partial charge in [-0.05, 0) is 45.2 Å². The number of fused-ring (bicyclic) bond motifs is 6. The van der Waals surface area contributed by atoms with Gasteiger partial charge in [-0.15, -0.1) is 0 Å². The molecular formula is C30H16N4O. The van der Waals surface area contributed by atoms with Crippen molar-refractivity contribution in [3.63, 3.8) is 0 Å². The van der Waals surface area contributed by atoms with Gasteiger partial charge >= 0.3 is 0 Å². The number of nitrogens with zero attached hydrogens (tertiary/aromatic N) is 4. The molecule has 0 aliphatic carbocycles. The van der Waals surface area contributed by atoms with Crippen molar-refractivity contribution in [1.82, 2.24) is 0 Å². The second kappa shape index (κ2) is 6.79. The van der Waals surface area contributed by atoms with Crippen molar-refractivity contribution < 1.29 is 4.74 Å². The van der Waals surface area contributed by atoms with Crippen molar-refractivity contribution in [2.75, 3.05) is 0 Å². The average molecular weight is 448 g/mol. The Morgan fingerprint density at radius 2 is 0.829 bits per heavy atom. The van der Waals surface area contributed by atoms with Gasteiger partial charge < -0.3 is 4.74 Å². The van der Waals surface area contributed by atoms with Gasteiger partial charge in [0.2, 0.25) is 10.8 Å². The first-order valence-corrected chi connectivity index (χ1v) is 11.1. The Hall–Kier alpha value is -4.94. The highest BCUT2D eigenvalue weighted by Crippen LogP contribution is 2.78. The van der Waals surface area contributed by atoms with Crippen LogP contribution >= 0.6 is 0 Å². The fourth-order valence-corrected chi connectivity index (χ4v) is 6.16. The quantitative estimate of drug-likeness (QED) is 0.406. The van der Waals surface area contributed by atoms with E-state index in [4.69, 9.17) is 4.74 Å². The van der Waals surface area contributed by atoms with Crippen LogP contribution in [0.25, 0.3) is 10.8 Å². The minimum atomic E-state index is -2.16. The molecule has 2 bridgehead atoms. The molecule has 4 aromatic rings. The smallest absolute Gasteiger partial charge is 0.215 e. The molecule has 2 aliphatic heterocycles. The molecule has 5 heteroatoms. The van der Waals surface area contributed by atoms with Gasteiger partial charge in [0.15, 0.2) is 11.2 Å². The summed E-state index contributed by atoms with van der Waals surface area (Å²) in [6.07, 6.45) is 0. The van der Waals surface area contributed by atoms with E-state index in [1.807, 2.05) is 48.5 Å². The summed E-state index contributed by atoms with van der Waals surface area (Å²) in [6.45, 7) is 0. The fraction of sp³-hybridized carbons (Fsp3) is 0.133. The van der Waals surface area contributed by atoms with Gasteiger partial charge in [0.25, 0.3) is 0 Å². The van der Waals surface area contributed by atoms with E-state index in [0.29, 0.717) is 22.3 Å². The molecule has 0 amide bonds. The maximum atomic E-state index is 10.7. The molecular weight excluding hydrogens is 432 g/mol. The second-order valence-electron chi connectivity index (χ2n) is 8.89. The van der Waals surface area contributed by atoms with Gasteiger partial charge in [-0.3, -0.25) is 0 Å². The molecule has 2 heterocycles. The third kappa shape index (κ3) is 2.00. The van der Waals surface area contributed by atoms with E-state index in [-0.39, 0.29) is 0 Å². The number of benzene rings is 4. The maximum Gasteiger partial charge on any atom is 0.215 e. The van der Waals surface area contributed by atoms with Gasteiger partial charge in [0, 0.05) is 0 Å². The SMILES string of the molecule is N#CC1(C#N)C2(c3ccccc3)OC(c3ccccc3)(c3cc4ccccc4cc32)C1(C#N)C#N. The molecule has 0 radical (unpaired) electrons. The van der Waals surface area contributed by atoms with Gasteiger partial charge in [0.1, 0.15) is 0 Å². The largest absolute Gasteiger partial charge is 0.344 e. The number of rotatable bonds is 2. The summed E-state index contributed by atoms with van der Waals surface area (Å²) in [5.74, 6) is 0. The summed E-state index contributed by atoms with van der Waals surface area (Å²) >= 11 is 0. The van der Waals surface area contributed by atoms with E-state index < -0.39 is 22.0 Å².